The van der Waals surface area contributed by atoms with Crippen LogP contribution >= 0.6 is 0 Å². The number of nitriles is 1. The molecule has 3 atom stereocenters. The lowest BCUT2D eigenvalue weighted by atomic mass is 9.85. The lowest BCUT2D eigenvalue weighted by molar-refractivity contribution is 0.319. The van der Waals surface area contributed by atoms with Crippen molar-refractivity contribution in [1.82, 2.24) is 0 Å². The minimum Gasteiger partial charge on any atom is -0.355 e. The van der Waals surface area contributed by atoms with Crippen molar-refractivity contribution in [3.8, 4) is 6.07 Å². The van der Waals surface area contributed by atoms with Gasteiger partial charge in [0, 0.05) is 12.2 Å². The van der Waals surface area contributed by atoms with Crippen LogP contribution in [0.1, 0.15) is 20.3 Å². The summed E-state index contributed by atoms with van der Waals surface area (Å²) in [4.78, 5) is 2.25. The van der Waals surface area contributed by atoms with E-state index < -0.39 is 0 Å². The van der Waals surface area contributed by atoms with Gasteiger partial charge in [-0.05, 0) is 30.4 Å². The fourth-order valence-corrected chi connectivity index (χ4v) is 2.68. The van der Waals surface area contributed by atoms with Crippen molar-refractivity contribution >= 4 is 5.69 Å². The summed E-state index contributed by atoms with van der Waals surface area (Å²) in [6, 6.07) is 12.7. The van der Waals surface area contributed by atoms with E-state index in [1.807, 2.05) is 18.2 Å². The lowest BCUT2D eigenvalue weighted by Gasteiger charge is -2.40. The summed E-state index contributed by atoms with van der Waals surface area (Å²) in [5, 5.41) is 9.29. The molecule has 1 aromatic carbocycles. The van der Waals surface area contributed by atoms with Crippen LogP contribution in [0.25, 0.3) is 0 Å². The number of rotatable bonds is 1. The molecule has 2 rings (SSSR count). The van der Waals surface area contributed by atoms with Crippen molar-refractivity contribution in [3.05, 3.63) is 30.3 Å². The quantitative estimate of drug-likeness (QED) is 0.718. The molecule has 1 aliphatic rings. The van der Waals surface area contributed by atoms with Crippen molar-refractivity contribution in [3.63, 3.8) is 0 Å². The molecule has 84 valence electrons. The van der Waals surface area contributed by atoms with Crippen LogP contribution in [-0.2, 0) is 0 Å². The molecule has 0 saturated carbocycles. The molecular formula is C14H18N2. The van der Waals surface area contributed by atoms with Gasteiger partial charge in [0.1, 0.15) is 6.04 Å². The number of benzene rings is 1. The van der Waals surface area contributed by atoms with Crippen LogP contribution < -0.4 is 4.90 Å². The number of anilines is 1. The molecule has 0 radical (unpaired) electrons. The predicted octanol–water partition coefficient (Wildman–Crippen LogP) is 3.06. The van der Waals surface area contributed by atoms with Crippen LogP contribution in [0.4, 0.5) is 5.69 Å². The molecule has 0 aromatic heterocycles. The fourth-order valence-electron chi connectivity index (χ4n) is 2.68. The number of hydrogen-bond donors (Lipinski definition) is 0. The molecular weight excluding hydrogens is 196 g/mol. The maximum absolute atomic E-state index is 9.29. The smallest absolute Gasteiger partial charge is 0.119 e. The zero-order valence-electron chi connectivity index (χ0n) is 9.93. The fraction of sp³-hybridized carbons (Fsp3) is 0.500. The summed E-state index contributed by atoms with van der Waals surface area (Å²) in [7, 11) is 0. The standard InChI is InChI=1S/C14H18N2/c1-11-8-12(2)14(9-15)16(10-11)13-6-4-3-5-7-13/h3-7,11-12,14H,8,10H2,1-2H3/t11-,12-,14-/m1/s1. The molecule has 1 aromatic rings. The van der Waals surface area contributed by atoms with E-state index in [2.05, 4.69) is 36.9 Å². The summed E-state index contributed by atoms with van der Waals surface area (Å²) in [5.41, 5.74) is 1.17. The average Bonchev–Trinajstić information content (AvgIpc) is 2.29. The van der Waals surface area contributed by atoms with Gasteiger partial charge in [0.2, 0.25) is 0 Å². The van der Waals surface area contributed by atoms with Gasteiger partial charge in [0.05, 0.1) is 6.07 Å². The van der Waals surface area contributed by atoms with Crippen LogP contribution in [0.5, 0.6) is 0 Å². The molecule has 1 heterocycles. The van der Waals surface area contributed by atoms with Crippen molar-refractivity contribution < 1.29 is 0 Å². The molecule has 0 spiro atoms. The summed E-state index contributed by atoms with van der Waals surface area (Å²) in [6.07, 6.45) is 1.15. The van der Waals surface area contributed by atoms with E-state index in [0.717, 1.165) is 13.0 Å². The van der Waals surface area contributed by atoms with Crippen molar-refractivity contribution in [2.75, 3.05) is 11.4 Å². The van der Waals surface area contributed by atoms with Crippen LogP contribution in [0.3, 0.4) is 0 Å². The van der Waals surface area contributed by atoms with Gasteiger partial charge in [-0.1, -0.05) is 32.0 Å². The van der Waals surface area contributed by atoms with Gasteiger partial charge < -0.3 is 4.90 Å². The zero-order chi connectivity index (χ0) is 11.5. The predicted molar refractivity (Wildman–Crippen MR) is 66.1 cm³/mol. The first-order chi connectivity index (χ1) is 7.72. The van der Waals surface area contributed by atoms with E-state index in [1.165, 1.54) is 5.69 Å². The molecule has 0 unspecified atom stereocenters. The minimum absolute atomic E-state index is 0.0265. The Labute approximate surface area is 97.5 Å². The van der Waals surface area contributed by atoms with E-state index in [-0.39, 0.29) is 6.04 Å². The Balaban J connectivity index is 2.27. The maximum Gasteiger partial charge on any atom is 0.119 e. The molecule has 2 nitrogen and oxygen atoms in total. The average molecular weight is 214 g/mol. The van der Waals surface area contributed by atoms with Gasteiger partial charge in [-0.2, -0.15) is 5.26 Å². The third-order valence-corrected chi connectivity index (χ3v) is 3.38. The Hall–Kier alpha value is -1.49. The van der Waals surface area contributed by atoms with Crippen molar-refractivity contribution in [2.45, 2.75) is 26.3 Å². The maximum atomic E-state index is 9.29. The molecule has 1 fully saturated rings. The van der Waals surface area contributed by atoms with E-state index in [1.54, 1.807) is 0 Å². The molecule has 16 heavy (non-hydrogen) atoms. The Kier molecular flexibility index (Phi) is 3.14. The third-order valence-electron chi connectivity index (χ3n) is 3.38. The molecule has 1 saturated heterocycles. The topological polar surface area (TPSA) is 27.0 Å². The van der Waals surface area contributed by atoms with Crippen LogP contribution in [-0.4, -0.2) is 12.6 Å². The summed E-state index contributed by atoms with van der Waals surface area (Å²) in [5.74, 6) is 1.12. The second-order valence-corrected chi connectivity index (χ2v) is 4.88. The first kappa shape index (κ1) is 11.0. The Morgan fingerprint density at radius 2 is 1.94 bits per heavy atom. The highest BCUT2D eigenvalue weighted by atomic mass is 15.2. The highest BCUT2D eigenvalue weighted by Crippen LogP contribution is 2.30. The zero-order valence-corrected chi connectivity index (χ0v) is 9.93. The van der Waals surface area contributed by atoms with Crippen molar-refractivity contribution in [2.24, 2.45) is 11.8 Å². The summed E-state index contributed by atoms with van der Waals surface area (Å²) in [6.45, 7) is 5.44. The van der Waals surface area contributed by atoms with E-state index in [0.29, 0.717) is 11.8 Å². The SMILES string of the molecule is C[C@@H]1C[C@@H](C)[C@@H](C#N)N(c2ccccc2)C1. The molecule has 2 heteroatoms. The monoisotopic (exact) mass is 214 g/mol. The third kappa shape index (κ3) is 2.04. The van der Waals surface area contributed by atoms with Gasteiger partial charge in [-0.15, -0.1) is 0 Å². The van der Waals surface area contributed by atoms with Crippen LogP contribution in [0.2, 0.25) is 0 Å². The second-order valence-electron chi connectivity index (χ2n) is 4.88. The van der Waals surface area contributed by atoms with Gasteiger partial charge in [-0.25, -0.2) is 0 Å². The van der Waals surface area contributed by atoms with Gasteiger partial charge in [0.15, 0.2) is 0 Å². The Bertz CT molecular complexity index is 379. The van der Waals surface area contributed by atoms with Gasteiger partial charge in [0.25, 0.3) is 0 Å². The molecule has 1 aliphatic heterocycles. The first-order valence-corrected chi connectivity index (χ1v) is 5.93. The molecule has 0 aliphatic carbocycles. The highest BCUT2D eigenvalue weighted by Gasteiger charge is 2.31. The molecule has 0 N–H and O–H groups in total. The first-order valence-electron chi connectivity index (χ1n) is 5.93. The van der Waals surface area contributed by atoms with E-state index in [9.17, 15) is 5.26 Å². The highest BCUT2D eigenvalue weighted by molar-refractivity contribution is 5.49. The van der Waals surface area contributed by atoms with Crippen LogP contribution in [0, 0.1) is 23.2 Å². The van der Waals surface area contributed by atoms with Crippen LogP contribution in [0.15, 0.2) is 30.3 Å². The summed E-state index contributed by atoms with van der Waals surface area (Å²) < 4.78 is 0. The van der Waals surface area contributed by atoms with Crippen molar-refractivity contribution in [1.29, 1.82) is 5.26 Å². The van der Waals surface area contributed by atoms with Gasteiger partial charge in [-0.3, -0.25) is 0 Å². The second kappa shape index (κ2) is 4.57. The molecule has 0 bridgehead atoms. The number of nitrogens with zero attached hydrogens (tertiary/aromatic N) is 2. The molecule has 0 amide bonds. The minimum atomic E-state index is 0.0265. The van der Waals surface area contributed by atoms with E-state index in [4.69, 9.17) is 0 Å². The number of hydrogen-bond acceptors (Lipinski definition) is 2. The Morgan fingerprint density at radius 3 is 2.56 bits per heavy atom. The number of para-hydroxylation sites is 1. The summed E-state index contributed by atoms with van der Waals surface area (Å²) >= 11 is 0. The largest absolute Gasteiger partial charge is 0.355 e. The normalized spacial score (nSPS) is 29.8. The Morgan fingerprint density at radius 1 is 1.25 bits per heavy atom. The lowest BCUT2D eigenvalue weighted by Crippen LogP contribution is -2.46. The van der Waals surface area contributed by atoms with E-state index >= 15 is 0 Å². The number of piperidine rings is 1. The van der Waals surface area contributed by atoms with Gasteiger partial charge >= 0.3 is 0 Å².